The number of amides is 2. The zero-order valence-corrected chi connectivity index (χ0v) is 20.5. The Hall–Kier alpha value is -3.36. The van der Waals surface area contributed by atoms with Crippen molar-refractivity contribution in [2.75, 3.05) is 65.3 Å². The molecule has 4 rings (SSSR count). The number of carbonyl (C=O) groups is 2. The first-order valence-electron chi connectivity index (χ1n) is 12.1. The molecule has 35 heavy (non-hydrogen) atoms. The third-order valence-corrected chi connectivity index (χ3v) is 6.50. The van der Waals surface area contributed by atoms with Gasteiger partial charge in [0.25, 0.3) is 0 Å². The molecular weight excluding hydrogens is 444 g/mol. The van der Waals surface area contributed by atoms with Crippen LogP contribution in [-0.2, 0) is 16.0 Å². The number of hydrogen-bond donors (Lipinski definition) is 1. The lowest BCUT2D eigenvalue weighted by molar-refractivity contribution is -0.127. The third kappa shape index (κ3) is 6.61. The molecule has 2 aromatic carbocycles. The second-order valence-corrected chi connectivity index (χ2v) is 8.87. The van der Waals surface area contributed by atoms with Crippen molar-refractivity contribution < 1.29 is 19.1 Å². The van der Waals surface area contributed by atoms with Crippen LogP contribution < -0.4 is 14.8 Å². The van der Waals surface area contributed by atoms with Gasteiger partial charge in [-0.25, -0.2) is 0 Å². The number of fused-ring (bicyclic) bond motifs is 1. The summed E-state index contributed by atoms with van der Waals surface area (Å²) in [5.74, 6) is 1.40. The van der Waals surface area contributed by atoms with Gasteiger partial charge in [-0.2, -0.15) is 0 Å². The molecular formula is C27H34N4O4. The predicted molar refractivity (Wildman–Crippen MR) is 137 cm³/mol. The van der Waals surface area contributed by atoms with Gasteiger partial charge in [0.05, 0.1) is 27.2 Å². The Morgan fingerprint density at radius 1 is 0.943 bits per heavy atom. The Bertz CT molecular complexity index is 1050. The topological polar surface area (TPSA) is 74.4 Å². The lowest BCUT2D eigenvalue weighted by atomic mass is 10.0. The molecule has 0 aliphatic carbocycles. The van der Waals surface area contributed by atoms with Crippen LogP contribution in [0, 0.1) is 0 Å². The molecule has 0 spiro atoms. The van der Waals surface area contributed by atoms with Crippen LogP contribution in [0.15, 0.2) is 48.7 Å². The number of para-hydroxylation sites is 1. The Kier molecular flexibility index (Phi) is 8.39. The number of rotatable bonds is 9. The van der Waals surface area contributed by atoms with E-state index in [0.717, 1.165) is 56.0 Å². The average Bonchev–Trinajstić information content (AvgIpc) is 3.02. The zero-order valence-electron chi connectivity index (χ0n) is 20.5. The lowest BCUT2D eigenvalue weighted by Gasteiger charge is -2.34. The van der Waals surface area contributed by atoms with Crippen LogP contribution in [0.25, 0.3) is 6.08 Å². The minimum absolute atomic E-state index is 0.0207. The highest BCUT2D eigenvalue weighted by molar-refractivity contribution is 5.92. The normalized spacial score (nSPS) is 16.5. The highest BCUT2D eigenvalue weighted by atomic mass is 16.5. The molecule has 8 nitrogen and oxygen atoms in total. The summed E-state index contributed by atoms with van der Waals surface area (Å²) in [4.78, 5) is 31.5. The van der Waals surface area contributed by atoms with Crippen LogP contribution in [0.4, 0.5) is 5.69 Å². The van der Waals surface area contributed by atoms with Crippen LogP contribution in [0.3, 0.4) is 0 Å². The number of carbonyl (C=O) groups excluding carboxylic acids is 2. The molecule has 0 saturated carbocycles. The van der Waals surface area contributed by atoms with Crippen molar-refractivity contribution in [1.29, 1.82) is 0 Å². The van der Waals surface area contributed by atoms with Crippen molar-refractivity contribution in [2.45, 2.75) is 12.8 Å². The first-order valence-corrected chi connectivity index (χ1v) is 12.1. The summed E-state index contributed by atoms with van der Waals surface area (Å²) in [6, 6.07) is 13.4. The van der Waals surface area contributed by atoms with Crippen LogP contribution in [-0.4, -0.2) is 86.5 Å². The minimum atomic E-state index is 0.0207. The van der Waals surface area contributed by atoms with Crippen molar-refractivity contribution in [3.8, 4) is 11.5 Å². The second-order valence-electron chi connectivity index (χ2n) is 8.87. The summed E-state index contributed by atoms with van der Waals surface area (Å²) < 4.78 is 10.8. The highest BCUT2D eigenvalue weighted by Gasteiger charge is 2.21. The maximum atomic E-state index is 12.8. The zero-order chi connectivity index (χ0) is 24.6. The number of ether oxygens (including phenoxy) is 2. The van der Waals surface area contributed by atoms with E-state index in [1.807, 2.05) is 59.6 Å². The molecule has 2 aliphatic heterocycles. The maximum Gasteiger partial charge on any atom is 0.238 e. The van der Waals surface area contributed by atoms with Gasteiger partial charge in [-0.15, -0.1) is 0 Å². The predicted octanol–water partition coefficient (Wildman–Crippen LogP) is 2.71. The molecule has 186 valence electrons. The van der Waals surface area contributed by atoms with E-state index in [2.05, 4.69) is 15.1 Å². The van der Waals surface area contributed by atoms with E-state index in [0.29, 0.717) is 31.0 Å². The quantitative estimate of drug-likeness (QED) is 0.598. The third-order valence-electron chi connectivity index (χ3n) is 6.50. The largest absolute Gasteiger partial charge is 0.493 e. The Morgan fingerprint density at radius 2 is 1.63 bits per heavy atom. The van der Waals surface area contributed by atoms with E-state index in [1.165, 1.54) is 0 Å². The summed E-state index contributed by atoms with van der Waals surface area (Å²) >= 11 is 0. The first kappa shape index (κ1) is 24.8. The first-order chi connectivity index (χ1) is 17.1. The second kappa shape index (κ2) is 11.9. The molecule has 0 bridgehead atoms. The van der Waals surface area contributed by atoms with Gasteiger partial charge in [0.15, 0.2) is 11.5 Å². The van der Waals surface area contributed by atoms with Gasteiger partial charge >= 0.3 is 0 Å². The number of nitrogens with zero attached hydrogens (tertiary/aromatic N) is 3. The fourth-order valence-corrected chi connectivity index (χ4v) is 4.52. The monoisotopic (exact) mass is 478 g/mol. The molecule has 2 aliphatic rings. The molecule has 0 aromatic heterocycles. The van der Waals surface area contributed by atoms with Gasteiger partial charge in [0, 0.05) is 44.6 Å². The van der Waals surface area contributed by atoms with Crippen LogP contribution in [0.5, 0.6) is 11.5 Å². The number of benzene rings is 2. The molecule has 2 aromatic rings. The summed E-state index contributed by atoms with van der Waals surface area (Å²) in [5.41, 5.74) is 2.75. The summed E-state index contributed by atoms with van der Waals surface area (Å²) in [6.45, 7) is 5.59. The van der Waals surface area contributed by atoms with Gasteiger partial charge in [-0.1, -0.05) is 18.2 Å². The van der Waals surface area contributed by atoms with E-state index in [9.17, 15) is 9.59 Å². The van der Waals surface area contributed by atoms with Gasteiger partial charge < -0.3 is 24.6 Å². The summed E-state index contributed by atoms with van der Waals surface area (Å²) in [6.07, 6.45) is 5.09. The average molecular weight is 479 g/mol. The summed E-state index contributed by atoms with van der Waals surface area (Å²) in [5, 5.41) is 2.95. The van der Waals surface area contributed by atoms with E-state index < -0.39 is 0 Å². The lowest BCUT2D eigenvalue weighted by Crippen LogP contribution is -2.49. The van der Waals surface area contributed by atoms with Gasteiger partial charge in [0.2, 0.25) is 11.8 Å². The number of hydrogen-bond acceptors (Lipinski definition) is 6. The smallest absolute Gasteiger partial charge is 0.238 e. The molecule has 1 saturated heterocycles. The molecule has 2 amide bonds. The SMILES string of the molecule is COc1cc2c(cc1OC)CC(=O)N(CCCN1CCN(CC(=O)Nc3ccccc3)CC1)C=C2. The fourth-order valence-electron chi connectivity index (χ4n) is 4.52. The molecule has 0 unspecified atom stereocenters. The molecule has 0 radical (unpaired) electrons. The van der Waals surface area contributed by atoms with Gasteiger partial charge in [0.1, 0.15) is 0 Å². The van der Waals surface area contributed by atoms with E-state index in [4.69, 9.17) is 9.47 Å². The highest BCUT2D eigenvalue weighted by Crippen LogP contribution is 2.32. The van der Waals surface area contributed by atoms with Crippen molar-refractivity contribution in [2.24, 2.45) is 0 Å². The van der Waals surface area contributed by atoms with Crippen LogP contribution in [0.2, 0.25) is 0 Å². The van der Waals surface area contributed by atoms with E-state index in [1.54, 1.807) is 14.2 Å². The Morgan fingerprint density at radius 3 is 2.34 bits per heavy atom. The van der Waals surface area contributed by atoms with Crippen molar-refractivity contribution in [3.05, 3.63) is 59.8 Å². The standard InChI is InChI=1S/C27H34N4O4/c1-34-24-17-21-9-12-31(27(33)19-22(21)18-25(24)35-2)11-6-10-29-13-15-30(16-14-29)20-26(32)28-23-7-4-3-5-8-23/h3-5,7-9,12,17-18H,6,10-11,13-16,19-20H2,1-2H3,(H,28,32). The maximum absolute atomic E-state index is 12.8. The number of piperazine rings is 1. The van der Waals surface area contributed by atoms with Crippen molar-refractivity contribution in [3.63, 3.8) is 0 Å². The number of anilines is 1. The fraction of sp³-hybridized carbons (Fsp3) is 0.407. The number of nitrogens with one attached hydrogen (secondary N) is 1. The Labute approximate surface area is 207 Å². The number of methoxy groups -OCH3 is 2. The molecule has 1 N–H and O–H groups in total. The summed E-state index contributed by atoms with van der Waals surface area (Å²) in [7, 11) is 3.21. The Balaban J connectivity index is 1.20. The van der Waals surface area contributed by atoms with Gasteiger partial charge in [-0.05, 0) is 54.4 Å². The molecule has 1 fully saturated rings. The molecule has 8 heteroatoms. The van der Waals surface area contributed by atoms with E-state index in [-0.39, 0.29) is 11.8 Å². The molecule has 2 heterocycles. The van der Waals surface area contributed by atoms with E-state index >= 15 is 0 Å². The van der Waals surface area contributed by atoms with Gasteiger partial charge in [-0.3, -0.25) is 14.5 Å². The van der Waals surface area contributed by atoms with Crippen LogP contribution >= 0.6 is 0 Å². The van der Waals surface area contributed by atoms with Crippen LogP contribution in [0.1, 0.15) is 17.5 Å². The molecule has 0 atom stereocenters. The van der Waals surface area contributed by atoms with Crippen molar-refractivity contribution >= 4 is 23.6 Å². The minimum Gasteiger partial charge on any atom is -0.493 e. The van der Waals surface area contributed by atoms with Crippen molar-refractivity contribution in [1.82, 2.24) is 14.7 Å².